The normalized spacial score (nSPS) is 10.7. The molecule has 0 amide bonds. The molecule has 0 atom stereocenters. The Morgan fingerprint density at radius 1 is 1.03 bits per heavy atom. The van der Waals surface area contributed by atoms with Crippen LogP contribution in [0.3, 0.4) is 0 Å². The van der Waals surface area contributed by atoms with Gasteiger partial charge < -0.3 is 9.84 Å². The maximum Gasteiger partial charge on any atom is 0.163 e. The predicted octanol–water partition coefficient (Wildman–Crippen LogP) is 6.09. The van der Waals surface area contributed by atoms with E-state index in [9.17, 15) is 14.7 Å². The monoisotopic (exact) mass is 414 g/mol. The number of hydrogen-bond donors (Lipinski definition) is 1. The number of benzene rings is 2. The summed E-state index contributed by atoms with van der Waals surface area (Å²) >= 11 is 1.73. The maximum atomic E-state index is 11.9. The Labute approximate surface area is 177 Å². The smallest absolute Gasteiger partial charge is 0.163 e. The van der Waals surface area contributed by atoms with Gasteiger partial charge in [0.25, 0.3) is 0 Å². The molecule has 2 aromatic rings. The molecule has 2 rings (SSSR count). The highest BCUT2D eigenvalue weighted by Gasteiger charge is 2.15. The Hall–Kier alpha value is -2.27. The van der Waals surface area contributed by atoms with Gasteiger partial charge in [0, 0.05) is 28.2 Å². The number of hydrogen-bond acceptors (Lipinski definition) is 5. The van der Waals surface area contributed by atoms with Crippen LogP contribution in [-0.4, -0.2) is 29.0 Å². The second-order valence-corrected chi connectivity index (χ2v) is 8.16. The van der Waals surface area contributed by atoms with Crippen LogP contribution in [0.25, 0.3) is 0 Å². The van der Waals surface area contributed by atoms with Crippen LogP contribution in [0.1, 0.15) is 72.7 Å². The van der Waals surface area contributed by atoms with E-state index < -0.39 is 0 Å². The largest absolute Gasteiger partial charge is 0.507 e. The van der Waals surface area contributed by atoms with Crippen LogP contribution in [0.5, 0.6) is 11.5 Å². The summed E-state index contributed by atoms with van der Waals surface area (Å²) in [6.45, 7) is 6.03. The minimum absolute atomic E-state index is 0.0453. The number of thioether (sulfide) groups is 1. The van der Waals surface area contributed by atoms with Crippen molar-refractivity contribution in [3.05, 3.63) is 53.1 Å². The maximum absolute atomic E-state index is 11.9. The minimum atomic E-state index is -0.148. The molecule has 0 aliphatic heterocycles. The van der Waals surface area contributed by atoms with Crippen molar-refractivity contribution in [3.63, 3.8) is 0 Å². The average Bonchev–Trinajstić information content (AvgIpc) is 2.70. The van der Waals surface area contributed by atoms with E-state index >= 15 is 0 Å². The summed E-state index contributed by atoms with van der Waals surface area (Å²) in [5.41, 5.74) is 1.83. The fraction of sp³-hybridized carbons (Fsp3) is 0.417. The van der Waals surface area contributed by atoms with Gasteiger partial charge in [-0.1, -0.05) is 32.4 Å². The lowest BCUT2D eigenvalue weighted by Gasteiger charge is -2.14. The Morgan fingerprint density at radius 3 is 2.38 bits per heavy atom. The van der Waals surface area contributed by atoms with Crippen molar-refractivity contribution in [2.45, 2.75) is 57.8 Å². The number of carbonyl (C=O) groups excluding carboxylic acids is 2. The number of rotatable bonds is 12. The molecular formula is C24H30O4S. The molecule has 2 aromatic carbocycles. The van der Waals surface area contributed by atoms with Crippen LogP contribution in [0, 0.1) is 0 Å². The van der Waals surface area contributed by atoms with E-state index in [-0.39, 0.29) is 17.3 Å². The molecule has 0 saturated heterocycles. The number of Topliss-reactive ketones (excluding diaryl/α,β-unsaturated/α-hetero) is 2. The zero-order valence-electron chi connectivity index (χ0n) is 17.5. The lowest BCUT2D eigenvalue weighted by atomic mass is 10.0. The first-order valence-electron chi connectivity index (χ1n) is 10.2. The van der Waals surface area contributed by atoms with Crippen molar-refractivity contribution >= 4 is 23.3 Å². The molecule has 0 spiro atoms. The lowest BCUT2D eigenvalue weighted by Crippen LogP contribution is -2.04. The van der Waals surface area contributed by atoms with Crippen molar-refractivity contribution in [3.8, 4) is 11.5 Å². The molecule has 0 saturated carbocycles. The molecule has 0 aliphatic carbocycles. The predicted molar refractivity (Wildman–Crippen MR) is 119 cm³/mol. The second-order valence-electron chi connectivity index (χ2n) is 6.99. The number of carbonyl (C=O) groups is 2. The van der Waals surface area contributed by atoms with Gasteiger partial charge in [-0.25, -0.2) is 0 Å². The van der Waals surface area contributed by atoms with E-state index in [0.717, 1.165) is 35.5 Å². The van der Waals surface area contributed by atoms with Gasteiger partial charge in [-0.05, 0) is 50.5 Å². The van der Waals surface area contributed by atoms with Crippen molar-refractivity contribution in [2.75, 3.05) is 12.4 Å². The van der Waals surface area contributed by atoms with Crippen molar-refractivity contribution in [1.82, 2.24) is 0 Å². The van der Waals surface area contributed by atoms with Gasteiger partial charge in [0.05, 0.1) is 12.2 Å². The number of phenols is 1. The van der Waals surface area contributed by atoms with Crippen molar-refractivity contribution < 1.29 is 19.4 Å². The van der Waals surface area contributed by atoms with Crippen molar-refractivity contribution in [2.24, 2.45) is 0 Å². The topological polar surface area (TPSA) is 63.6 Å². The van der Waals surface area contributed by atoms with Crippen LogP contribution >= 0.6 is 11.8 Å². The fourth-order valence-corrected chi connectivity index (χ4v) is 3.89. The van der Waals surface area contributed by atoms with E-state index in [4.69, 9.17) is 4.74 Å². The van der Waals surface area contributed by atoms with Gasteiger partial charge in [0.1, 0.15) is 11.5 Å². The van der Waals surface area contributed by atoms with Gasteiger partial charge in [-0.3, -0.25) is 9.59 Å². The van der Waals surface area contributed by atoms with E-state index in [1.54, 1.807) is 23.9 Å². The quantitative estimate of drug-likeness (QED) is 0.259. The van der Waals surface area contributed by atoms with Crippen LogP contribution in [0.2, 0.25) is 0 Å². The molecule has 0 radical (unpaired) electrons. The molecule has 29 heavy (non-hydrogen) atoms. The molecule has 0 unspecified atom stereocenters. The van der Waals surface area contributed by atoms with Crippen LogP contribution < -0.4 is 4.74 Å². The van der Waals surface area contributed by atoms with Gasteiger partial charge >= 0.3 is 0 Å². The van der Waals surface area contributed by atoms with Gasteiger partial charge in [0.15, 0.2) is 11.6 Å². The van der Waals surface area contributed by atoms with E-state index in [0.29, 0.717) is 36.3 Å². The first kappa shape index (κ1) is 23.0. The summed E-state index contributed by atoms with van der Waals surface area (Å²) in [7, 11) is 0. The number of aromatic hydroxyl groups is 1. The Bertz CT molecular complexity index is 828. The zero-order valence-corrected chi connectivity index (χ0v) is 18.3. The number of phenolic OH excluding ortho intramolecular Hbond substituents is 1. The summed E-state index contributed by atoms with van der Waals surface area (Å²) in [4.78, 5) is 24.7. The van der Waals surface area contributed by atoms with Crippen LogP contribution in [0.4, 0.5) is 0 Å². The third-order valence-electron chi connectivity index (χ3n) is 4.59. The number of ether oxygens (including phenoxy) is 1. The zero-order chi connectivity index (χ0) is 21.2. The molecule has 0 heterocycles. The molecule has 0 fully saturated rings. The Morgan fingerprint density at radius 2 is 1.76 bits per heavy atom. The Balaban J connectivity index is 1.85. The summed E-state index contributed by atoms with van der Waals surface area (Å²) in [5, 5.41) is 10.4. The minimum Gasteiger partial charge on any atom is -0.507 e. The molecule has 1 N–H and O–H groups in total. The first-order chi connectivity index (χ1) is 14.0. The van der Waals surface area contributed by atoms with E-state index in [1.165, 1.54) is 6.92 Å². The molecule has 5 heteroatoms. The van der Waals surface area contributed by atoms with Gasteiger partial charge in [-0.2, -0.15) is 0 Å². The van der Waals surface area contributed by atoms with Crippen LogP contribution in [-0.2, 0) is 6.42 Å². The van der Waals surface area contributed by atoms with Crippen molar-refractivity contribution in [1.29, 1.82) is 0 Å². The van der Waals surface area contributed by atoms with Crippen LogP contribution in [0.15, 0.2) is 41.3 Å². The lowest BCUT2D eigenvalue weighted by molar-refractivity contribution is 0.0979. The molecule has 0 aromatic heterocycles. The van der Waals surface area contributed by atoms with Gasteiger partial charge in [0.2, 0.25) is 0 Å². The second kappa shape index (κ2) is 11.7. The molecular weight excluding hydrogens is 384 g/mol. The summed E-state index contributed by atoms with van der Waals surface area (Å²) in [5.74, 6) is 1.63. The molecule has 0 aliphatic rings. The summed E-state index contributed by atoms with van der Waals surface area (Å²) in [6.07, 6.45) is 3.83. The fourth-order valence-electron chi connectivity index (χ4n) is 3.07. The SMILES string of the molecule is CCCC(=O)c1ccc(SCCCOc2ccc(C(C)=O)c(O)c2CCC)cc1. The average molecular weight is 415 g/mol. The highest BCUT2D eigenvalue weighted by molar-refractivity contribution is 7.99. The molecule has 156 valence electrons. The number of ketones is 2. The summed E-state index contributed by atoms with van der Waals surface area (Å²) in [6, 6.07) is 11.2. The molecule has 0 bridgehead atoms. The third kappa shape index (κ3) is 6.64. The summed E-state index contributed by atoms with van der Waals surface area (Å²) < 4.78 is 5.89. The van der Waals surface area contributed by atoms with Gasteiger partial charge in [-0.15, -0.1) is 11.8 Å². The third-order valence-corrected chi connectivity index (χ3v) is 5.69. The first-order valence-corrected chi connectivity index (χ1v) is 11.2. The highest BCUT2D eigenvalue weighted by Crippen LogP contribution is 2.33. The Kier molecular flexibility index (Phi) is 9.26. The van der Waals surface area contributed by atoms with E-state index in [1.807, 2.05) is 38.1 Å². The standard InChI is InChI=1S/C24H30O4S/c1-4-7-21-23(14-13-20(17(3)25)24(21)27)28-15-6-16-29-19-11-9-18(10-12-19)22(26)8-5-2/h9-14,27H,4-8,15-16H2,1-3H3. The highest BCUT2D eigenvalue weighted by atomic mass is 32.2. The molecule has 4 nitrogen and oxygen atoms in total. The van der Waals surface area contributed by atoms with E-state index in [2.05, 4.69) is 0 Å².